The number of hydrogen-bond donors (Lipinski definition) is 0. The van der Waals surface area contributed by atoms with Crippen LogP contribution >= 0.6 is 11.6 Å². The minimum atomic E-state index is -4.36. The highest BCUT2D eigenvalue weighted by atomic mass is 35.5. The number of sulfonamides is 1. The van der Waals surface area contributed by atoms with E-state index in [2.05, 4.69) is 0 Å². The van der Waals surface area contributed by atoms with Gasteiger partial charge in [-0.1, -0.05) is 13.3 Å². The number of nitrogens with zero attached hydrogens (tertiary/aromatic N) is 1. The fourth-order valence-electron chi connectivity index (χ4n) is 6.16. The van der Waals surface area contributed by atoms with Crippen LogP contribution < -0.4 is 0 Å². The summed E-state index contributed by atoms with van der Waals surface area (Å²) in [5.74, 6) is -1.94. The molecule has 8 unspecified atom stereocenters. The minimum absolute atomic E-state index is 0.00280. The lowest BCUT2D eigenvalue weighted by Gasteiger charge is -2.41. The van der Waals surface area contributed by atoms with Crippen LogP contribution in [0.3, 0.4) is 0 Å². The summed E-state index contributed by atoms with van der Waals surface area (Å²) in [6.07, 6.45) is -1.11. The topological polar surface area (TPSA) is 46.6 Å². The normalized spacial score (nSPS) is 37.8. The number of ether oxygens (including phenoxy) is 1. The summed E-state index contributed by atoms with van der Waals surface area (Å²) in [4.78, 5) is 0. The summed E-state index contributed by atoms with van der Waals surface area (Å²) in [5.41, 5.74) is 0. The first-order valence-electron chi connectivity index (χ1n) is 12.5. The van der Waals surface area contributed by atoms with Crippen LogP contribution in [0.15, 0.2) is 0 Å². The Morgan fingerprint density at radius 3 is 2.33 bits per heavy atom. The Balaban J connectivity index is 1.66. The van der Waals surface area contributed by atoms with Gasteiger partial charge in [0, 0.05) is 23.9 Å². The molecule has 194 valence electrons. The lowest BCUT2D eigenvalue weighted by atomic mass is 9.83. The molecule has 0 heterocycles. The van der Waals surface area contributed by atoms with Gasteiger partial charge in [-0.05, 0) is 71.1 Å². The van der Waals surface area contributed by atoms with Crippen molar-refractivity contribution in [1.29, 1.82) is 0 Å². The van der Waals surface area contributed by atoms with Crippen LogP contribution in [-0.2, 0) is 14.8 Å². The van der Waals surface area contributed by atoms with Crippen molar-refractivity contribution in [3.63, 3.8) is 0 Å². The molecule has 0 radical (unpaired) electrons. The minimum Gasteiger partial charge on any atom is -0.375 e. The van der Waals surface area contributed by atoms with E-state index in [1.54, 1.807) is 6.92 Å². The molecule has 0 saturated heterocycles. The molecule has 0 aromatic carbocycles. The third-order valence-corrected chi connectivity index (χ3v) is 10.9. The predicted molar refractivity (Wildman–Crippen MR) is 122 cm³/mol. The first-order chi connectivity index (χ1) is 15.4. The average molecular weight is 520 g/mol. The molecule has 3 aliphatic rings. The summed E-state index contributed by atoms with van der Waals surface area (Å²) in [6.45, 7) is 3.80. The molecule has 0 aromatic rings. The van der Waals surface area contributed by atoms with Crippen molar-refractivity contribution in [2.75, 3.05) is 6.54 Å². The van der Waals surface area contributed by atoms with Gasteiger partial charge in [-0.25, -0.2) is 12.8 Å². The van der Waals surface area contributed by atoms with Gasteiger partial charge in [0.2, 0.25) is 10.0 Å². The Morgan fingerprint density at radius 2 is 1.70 bits per heavy atom. The molecule has 10 heteroatoms. The fraction of sp³-hybridized carbons (Fsp3) is 1.00. The number of rotatable bonds is 7. The highest BCUT2D eigenvalue weighted by Crippen LogP contribution is 2.41. The molecule has 4 nitrogen and oxygen atoms in total. The van der Waals surface area contributed by atoms with Crippen LogP contribution in [0, 0.1) is 11.8 Å². The zero-order valence-electron chi connectivity index (χ0n) is 19.6. The molecule has 3 aliphatic carbocycles. The number of halogens is 5. The van der Waals surface area contributed by atoms with Crippen molar-refractivity contribution in [3.05, 3.63) is 0 Å². The highest BCUT2D eigenvalue weighted by Gasteiger charge is 2.47. The van der Waals surface area contributed by atoms with Gasteiger partial charge >= 0.3 is 6.18 Å². The summed E-state index contributed by atoms with van der Waals surface area (Å²) in [6, 6.07) is -0.309. The van der Waals surface area contributed by atoms with Crippen molar-refractivity contribution in [1.82, 2.24) is 4.31 Å². The average Bonchev–Trinajstić information content (AvgIpc) is 2.74. The van der Waals surface area contributed by atoms with Crippen LogP contribution in [0.5, 0.6) is 0 Å². The van der Waals surface area contributed by atoms with Gasteiger partial charge < -0.3 is 4.74 Å². The van der Waals surface area contributed by atoms with Crippen molar-refractivity contribution in [2.45, 2.75) is 126 Å². The smallest absolute Gasteiger partial charge is 0.375 e. The molecule has 3 saturated carbocycles. The lowest BCUT2D eigenvalue weighted by molar-refractivity contribution is -0.181. The first-order valence-corrected chi connectivity index (χ1v) is 14.4. The van der Waals surface area contributed by atoms with Crippen LogP contribution in [0.2, 0.25) is 0 Å². The Hall–Kier alpha value is -0.120. The zero-order chi connectivity index (χ0) is 24.4. The third kappa shape index (κ3) is 6.56. The molecule has 3 fully saturated rings. The molecule has 0 aliphatic heterocycles. The van der Waals surface area contributed by atoms with Crippen LogP contribution in [0.1, 0.15) is 84.5 Å². The van der Waals surface area contributed by atoms with Crippen LogP contribution in [-0.4, -0.2) is 60.5 Å². The number of alkyl halides is 5. The van der Waals surface area contributed by atoms with E-state index in [1.807, 2.05) is 6.92 Å². The second-order valence-corrected chi connectivity index (χ2v) is 12.8. The second kappa shape index (κ2) is 11.3. The molecule has 3 rings (SSSR count). The Morgan fingerprint density at radius 1 is 1.03 bits per heavy atom. The van der Waals surface area contributed by atoms with Gasteiger partial charge in [0.1, 0.15) is 6.17 Å². The third-order valence-electron chi connectivity index (χ3n) is 7.90. The molecular formula is C23H38ClF4NO3S. The Bertz CT molecular complexity index is 728. The molecule has 33 heavy (non-hydrogen) atoms. The van der Waals surface area contributed by atoms with Gasteiger partial charge in [-0.15, -0.1) is 11.6 Å². The van der Waals surface area contributed by atoms with Crippen molar-refractivity contribution in [2.24, 2.45) is 11.8 Å². The largest absolute Gasteiger partial charge is 0.391 e. The molecular weight excluding hydrogens is 482 g/mol. The fourth-order valence-corrected chi connectivity index (χ4v) is 8.96. The summed E-state index contributed by atoms with van der Waals surface area (Å²) >= 11 is 6.39. The first kappa shape index (κ1) is 27.5. The van der Waals surface area contributed by atoms with Gasteiger partial charge in [0.15, 0.2) is 0 Å². The lowest BCUT2D eigenvalue weighted by Crippen LogP contribution is -2.50. The summed E-state index contributed by atoms with van der Waals surface area (Å²) in [7, 11) is -3.86. The van der Waals surface area contributed by atoms with E-state index in [-0.39, 0.29) is 61.8 Å². The number of hydrogen-bond acceptors (Lipinski definition) is 3. The van der Waals surface area contributed by atoms with E-state index >= 15 is 0 Å². The van der Waals surface area contributed by atoms with E-state index in [1.165, 1.54) is 4.31 Å². The monoisotopic (exact) mass is 519 g/mol. The van der Waals surface area contributed by atoms with Crippen LogP contribution in [0.25, 0.3) is 0 Å². The summed E-state index contributed by atoms with van der Waals surface area (Å²) < 4.78 is 88.7. The zero-order valence-corrected chi connectivity index (χ0v) is 21.1. The van der Waals surface area contributed by atoms with Crippen molar-refractivity contribution < 1.29 is 30.7 Å². The molecule has 0 N–H and O–H groups in total. The second-order valence-electron chi connectivity index (χ2n) is 10.1. The van der Waals surface area contributed by atoms with Crippen molar-refractivity contribution in [3.8, 4) is 0 Å². The van der Waals surface area contributed by atoms with Gasteiger partial charge in [0.05, 0.1) is 23.4 Å². The Labute approximate surface area is 200 Å². The van der Waals surface area contributed by atoms with Gasteiger partial charge in [0.25, 0.3) is 0 Å². The van der Waals surface area contributed by atoms with E-state index in [4.69, 9.17) is 16.3 Å². The molecule has 0 bridgehead atoms. The molecule has 0 spiro atoms. The van der Waals surface area contributed by atoms with Gasteiger partial charge in [-0.3, -0.25) is 0 Å². The van der Waals surface area contributed by atoms with E-state index in [9.17, 15) is 26.0 Å². The maximum absolute atomic E-state index is 14.5. The Kier molecular flexibility index (Phi) is 9.40. The maximum Gasteiger partial charge on any atom is 0.391 e. The summed E-state index contributed by atoms with van der Waals surface area (Å²) in [5, 5.41) is -1.27. The predicted octanol–water partition coefficient (Wildman–Crippen LogP) is 6.22. The van der Waals surface area contributed by atoms with Crippen LogP contribution in [0.4, 0.5) is 17.6 Å². The van der Waals surface area contributed by atoms with Crippen molar-refractivity contribution >= 4 is 21.6 Å². The van der Waals surface area contributed by atoms with Gasteiger partial charge in [-0.2, -0.15) is 17.5 Å². The van der Waals surface area contributed by atoms with E-state index < -0.39 is 33.5 Å². The van der Waals surface area contributed by atoms with E-state index in [0.29, 0.717) is 19.3 Å². The SMILES string of the molecule is CCN(C1CCCC(OC(C)C2C(F)CCCC2Cl)C1)S(=O)(=O)C1CCCC(C(F)(F)F)C1. The standard InChI is InChI=1S/C23H38ClF4NO3S/c1-3-29(33(30,31)19-10-4-7-16(13-19)23(26,27)28)17-8-5-9-18(14-17)32-15(2)22-20(24)11-6-12-21(22)25/h15-22H,3-14H2,1-2H3. The maximum atomic E-state index is 14.5. The molecule has 0 aromatic heterocycles. The van der Waals surface area contributed by atoms with E-state index in [0.717, 1.165) is 25.7 Å². The molecule has 0 amide bonds. The molecule has 8 atom stereocenters. The quantitative estimate of drug-likeness (QED) is 0.296. The highest BCUT2D eigenvalue weighted by molar-refractivity contribution is 7.89.